The van der Waals surface area contributed by atoms with Crippen molar-refractivity contribution in [1.82, 2.24) is 9.88 Å². The molecule has 0 aromatic carbocycles. The first-order chi connectivity index (χ1) is 9.81. The molecule has 0 aliphatic heterocycles. The van der Waals surface area contributed by atoms with Gasteiger partial charge < -0.3 is 9.88 Å². The summed E-state index contributed by atoms with van der Waals surface area (Å²) in [5.74, 6) is 0.867. The van der Waals surface area contributed by atoms with E-state index >= 15 is 0 Å². The zero-order valence-corrected chi connectivity index (χ0v) is 14.0. The zero-order valence-electron chi connectivity index (χ0n) is 14.0. The molecule has 21 heavy (non-hydrogen) atoms. The van der Waals surface area contributed by atoms with Crippen LogP contribution in [0.4, 0.5) is 0 Å². The van der Waals surface area contributed by atoms with Crippen LogP contribution in [0.1, 0.15) is 57.0 Å². The highest BCUT2D eigenvalue weighted by atomic mass is 15.0. The molecule has 3 heteroatoms. The van der Waals surface area contributed by atoms with Crippen molar-refractivity contribution in [1.29, 1.82) is 5.26 Å². The van der Waals surface area contributed by atoms with Gasteiger partial charge in [-0.15, -0.1) is 0 Å². The third-order valence-corrected chi connectivity index (χ3v) is 7.09. The maximum atomic E-state index is 9.14. The first-order valence-corrected chi connectivity index (χ1v) is 8.10. The fraction of sp³-hybridized carbons (Fsp3) is 0.722. The van der Waals surface area contributed by atoms with Crippen LogP contribution in [-0.2, 0) is 13.6 Å². The Balaban J connectivity index is 1.74. The third kappa shape index (κ3) is 1.89. The normalized spacial score (nSPS) is 33.3. The van der Waals surface area contributed by atoms with Crippen molar-refractivity contribution in [2.75, 3.05) is 0 Å². The topological polar surface area (TPSA) is 40.8 Å². The van der Waals surface area contributed by atoms with E-state index in [1.54, 1.807) is 0 Å². The maximum absolute atomic E-state index is 9.14. The molecule has 2 bridgehead atoms. The highest BCUT2D eigenvalue weighted by Crippen LogP contribution is 2.65. The maximum Gasteiger partial charge on any atom is 0.120 e. The Hall–Kier alpha value is -1.27. The number of hydrogen-bond acceptors (Lipinski definition) is 2. The number of nitrogens with one attached hydrogen (secondary N) is 1. The lowest BCUT2D eigenvalue weighted by Gasteiger charge is -2.39. The van der Waals surface area contributed by atoms with E-state index in [0.29, 0.717) is 16.9 Å². The van der Waals surface area contributed by atoms with Gasteiger partial charge in [-0.05, 0) is 54.6 Å². The average Bonchev–Trinajstić information content (AvgIpc) is 2.92. The van der Waals surface area contributed by atoms with Crippen LogP contribution >= 0.6 is 0 Å². The fourth-order valence-corrected chi connectivity index (χ4v) is 4.79. The molecule has 3 rings (SSSR count). The van der Waals surface area contributed by atoms with E-state index in [0.717, 1.165) is 18.2 Å². The number of nitriles is 1. The Labute approximate surface area is 128 Å². The van der Waals surface area contributed by atoms with Crippen LogP contribution in [-0.4, -0.2) is 10.6 Å². The molecule has 2 aliphatic carbocycles. The SMILES string of the molecule is Cc1c(CNC2CC3CCC2(C)C3(C)C)cc(C#N)n1C. The van der Waals surface area contributed by atoms with E-state index in [9.17, 15) is 0 Å². The van der Waals surface area contributed by atoms with Crippen molar-refractivity contribution in [2.24, 2.45) is 23.8 Å². The molecule has 0 saturated heterocycles. The van der Waals surface area contributed by atoms with Gasteiger partial charge in [0.25, 0.3) is 0 Å². The molecule has 2 fully saturated rings. The van der Waals surface area contributed by atoms with E-state index in [1.807, 2.05) is 17.7 Å². The number of aromatic nitrogens is 1. The first kappa shape index (κ1) is 14.7. The van der Waals surface area contributed by atoms with E-state index in [4.69, 9.17) is 5.26 Å². The van der Waals surface area contributed by atoms with Gasteiger partial charge in [-0.3, -0.25) is 0 Å². The lowest BCUT2D eigenvalue weighted by atomic mass is 9.69. The number of rotatable bonds is 3. The van der Waals surface area contributed by atoms with Crippen molar-refractivity contribution >= 4 is 0 Å². The van der Waals surface area contributed by atoms with Gasteiger partial charge in [0.05, 0.1) is 0 Å². The van der Waals surface area contributed by atoms with Crippen LogP contribution in [0.15, 0.2) is 6.07 Å². The van der Waals surface area contributed by atoms with Gasteiger partial charge in [-0.25, -0.2) is 0 Å². The van der Waals surface area contributed by atoms with Gasteiger partial charge in [0, 0.05) is 25.3 Å². The minimum atomic E-state index is 0.415. The summed E-state index contributed by atoms with van der Waals surface area (Å²) >= 11 is 0. The summed E-state index contributed by atoms with van der Waals surface area (Å²) in [4.78, 5) is 0. The van der Waals surface area contributed by atoms with Gasteiger partial charge in [0.1, 0.15) is 11.8 Å². The molecule has 1 aromatic rings. The number of hydrogen-bond donors (Lipinski definition) is 1. The van der Waals surface area contributed by atoms with Crippen molar-refractivity contribution in [3.8, 4) is 6.07 Å². The van der Waals surface area contributed by atoms with Crippen LogP contribution in [0.5, 0.6) is 0 Å². The smallest absolute Gasteiger partial charge is 0.120 e. The monoisotopic (exact) mass is 285 g/mol. The molecule has 114 valence electrons. The van der Waals surface area contributed by atoms with Crippen LogP contribution < -0.4 is 5.32 Å². The molecule has 2 aliphatic rings. The first-order valence-electron chi connectivity index (χ1n) is 8.10. The van der Waals surface area contributed by atoms with Crippen LogP contribution in [0.25, 0.3) is 0 Å². The zero-order chi connectivity index (χ0) is 15.4. The highest BCUT2D eigenvalue weighted by molar-refractivity contribution is 5.34. The lowest BCUT2D eigenvalue weighted by Crippen LogP contribution is -2.44. The second kappa shape index (κ2) is 4.61. The summed E-state index contributed by atoms with van der Waals surface area (Å²) in [6.45, 7) is 10.4. The molecular weight excluding hydrogens is 258 g/mol. The van der Waals surface area contributed by atoms with Crippen molar-refractivity contribution in [3.05, 3.63) is 23.0 Å². The van der Waals surface area contributed by atoms with Gasteiger partial charge in [-0.1, -0.05) is 20.8 Å². The molecule has 0 amide bonds. The molecule has 0 radical (unpaired) electrons. The molecule has 3 unspecified atom stereocenters. The quantitative estimate of drug-likeness (QED) is 0.923. The average molecular weight is 285 g/mol. The lowest BCUT2D eigenvalue weighted by molar-refractivity contribution is 0.120. The fourth-order valence-electron chi connectivity index (χ4n) is 4.79. The van der Waals surface area contributed by atoms with E-state index in [1.165, 1.54) is 30.5 Å². The van der Waals surface area contributed by atoms with Crippen LogP contribution in [0.2, 0.25) is 0 Å². The molecule has 0 spiro atoms. The van der Waals surface area contributed by atoms with E-state index in [2.05, 4.69) is 39.1 Å². The number of fused-ring (bicyclic) bond motifs is 2. The van der Waals surface area contributed by atoms with Crippen molar-refractivity contribution in [3.63, 3.8) is 0 Å². The Bertz CT molecular complexity index is 605. The largest absolute Gasteiger partial charge is 0.340 e. The second-order valence-electron chi connectivity index (χ2n) is 7.85. The molecule has 1 heterocycles. The van der Waals surface area contributed by atoms with Crippen LogP contribution in [0.3, 0.4) is 0 Å². The predicted molar refractivity (Wildman–Crippen MR) is 84.7 cm³/mol. The second-order valence-corrected chi connectivity index (χ2v) is 7.85. The van der Waals surface area contributed by atoms with Gasteiger partial charge in [0.2, 0.25) is 0 Å². The molecule has 3 nitrogen and oxygen atoms in total. The molecular formula is C18H27N3. The molecule has 1 aromatic heterocycles. The minimum Gasteiger partial charge on any atom is -0.340 e. The Kier molecular flexibility index (Phi) is 3.22. The van der Waals surface area contributed by atoms with Crippen LogP contribution in [0, 0.1) is 35.0 Å². The predicted octanol–water partition coefficient (Wildman–Crippen LogP) is 3.51. The van der Waals surface area contributed by atoms with Crippen molar-refractivity contribution < 1.29 is 0 Å². The molecule has 2 saturated carbocycles. The molecule has 1 N–H and O–H groups in total. The molecule has 3 atom stereocenters. The Morgan fingerprint density at radius 2 is 2.14 bits per heavy atom. The summed E-state index contributed by atoms with van der Waals surface area (Å²) in [5, 5.41) is 12.9. The van der Waals surface area contributed by atoms with Crippen molar-refractivity contribution in [2.45, 2.75) is 59.5 Å². The summed E-state index contributed by atoms with van der Waals surface area (Å²) in [5.41, 5.74) is 4.08. The summed E-state index contributed by atoms with van der Waals surface area (Å²) < 4.78 is 1.99. The van der Waals surface area contributed by atoms with Gasteiger partial charge >= 0.3 is 0 Å². The standard InChI is InChI=1S/C18H27N3/c1-12-13(8-15(10-19)21(12)5)11-20-16-9-14-6-7-18(16,4)17(14,2)3/h8,14,16,20H,6-7,9,11H2,1-5H3. The highest BCUT2D eigenvalue weighted by Gasteiger charge is 2.60. The van der Waals surface area contributed by atoms with E-state index in [-0.39, 0.29) is 0 Å². The summed E-state index contributed by atoms with van der Waals surface area (Å²) in [6, 6.07) is 4.91. The minimum absolute atomic E-state index is 0.415. The van der Waals surface area contributed by atoms with E-state index < -0.39 is 0 Å². The van der Waals surface area contributed by atoms with Gasteiger partial charge in [-0.2, -0.15) is 5.26 Å². The third-order valence-electron chi connectivity index (χ3n) is 7.09. The number of nitrogens with zero attached hydrogens (tertiary/aromatic N) is 2. The summed E-state index contributed by atoms with van der Waals surface area (Å²) in [6.07, 6.45) is 4.05. The Morgan fingerprint density at radius 1 is 1.43 bits per heavy atom. The van der Waals surface area contributed by atoms with Gasteiger partial charge in [0.15, 0.2) is 0 Å². The summed E-state index contributed by atoms with van der Waals surface area (Å²) in [7, 11) is 1.97. The Morgan fingerprint density at radius 3 is 2.62 bits per heavy atom.